The van der Waals surface area contributed by atoms with Crippen LogP contribution in [-0.4, -0.2) is 40.7 Å². The monoisotopic (exact) mass is 375 g/mol. The van der Waals surface area contributed by atoms with Crippen molar-refractivity contribution in [1.82, 2.24) is 5.32 Å². The Labute approximate surface area is 144 Å². The number of aliphatic carboxylic acids is 1. The minimum Gasteiger partial charge on any atom is -0.496 e. The summed E-state index contributed by atoms with van der Waals surface area (Å²) in [6.07, 6.45) is -3.70. The Bertz CT molecular complexity index is 749. The van der Waals surface area contributed by atoms with Gasteiger partial charge < -0.3 is 15.2 Å². The molecule has 0 aliphatic carbocycles. The average Bonchev–Trinajstić information content (AvgIpc) is 2.85. The number of amides is 1. The van der Waals surface area contributed by atoms with Gasteiger partial charge in [0.25, 0.3) is 0 Å². The number of amidine groups is 1. The SMILES string of the molecule is COc1cc(C=NN=C2NC(=O)C(CC(=O)O)S2)ccc1C(F)(F)F. The number of ether oxygens (including phenoxy) is 1. The first kappa shape index (κ1) is 18.8. The van der Waals surface area contributed by atoms with Crippen molar-refractivity contribution in [2.75, 3.05) is 7.11 Å². The maximum atomic E-state index is 12.8. The van der Waals surface area contributed by atoms with Gasteiger partial charge in [-0.2, -0.15) is 18.3 Å². The summed E-state index contributed by atoms with van der Waals surface area (Å²) in [5, 5.41) is 17.8. The van der Waals surface area contributed by atoms with Crippen LogP contribution in [0.15, 0.2) is 28.4 Å². The molecule has 7 nitrogen and oxygen atoms in total. The summed E-state index contributed by atoms with van der Waals surface area (Å²) in [6.45, 7) is 0. The summed E-state index contributed by atoms with van der Waals surface area (Å²) in [6, 6.07) is 3.21. The van der Waals surface area contributed by atoms with E-state index in [-0.39, 0.29) is 17.3 Å². The van der Waals surface area contributed by atoms with Gasteiger partial charge in [0.1, 0.15) is 11.0 Å². The highest BCUT2D eigenvalue weighted by molar-refractivity contribution is 8.15. The fourth-order valence-corrected chi connectivity index (χ4v) is 2.83. The van der Waals surface area contributed by atoms with Gasteiger partial charge in [-0.15, -0.1) is 5.10 Å². The molecule has 1 atom stereocenters. The lowest BCUT2D eigenvalue weighted by Crippen LogP contribution is -2.26. The molecule has 1 unspecified atom stereocenters. The van der Waals surface area contributed by atoms with Crippen LogP contribution in [0.3, 0.4) is 0 Å². The molecule has 2 N–H and O–H groups in total. The Hall–Kier alpha value is -2.56. The third-order valence-electron chi connectivity index (χ3n) is 3.02. The van der Waals surface area contributed by atoms with E-state index in [1.54, 1.807) is 0 Å². The lowest BCUT2D eigenvalue weighted by Gasteiger charge is -2.11. The first-order valence-corrected chi connectivity index (χ1v) is 7.64. The van der Waals surface area contributed by atoms with Crippen LogP contribution in [0.1, 0.15) is 17.5 Å². The molecule has 2 rings (SSSR count). The maximum absolute atomic E-state index is 12.8. The molecule has 1 heterocycles. The second-order valence-corrected chi connectivity index (χ2v) is 5.99. The molecule has 0 bridgehead atoms. The smallest absolute Gasteiger partial charge is 0.419 e. The summed E-state index contributed by atoms with van der Waals surface area (Å²) in [7, 11) is 1.12. The van der Waals surface area contributed by atoms with Crippen molar-refractivity contribution < 1.29 is 32.6 Å². The molecular formula is C14H12F3N3O4S. The van der Waals surface area contributed by atoms with Crippen LogP contribution in [0.4, 0.5) is 13.2 Å². The molecule has 1 amide bonds. The summed E-state index contributed by atoms with van der Waals surface area (Å²) in [4.78, 5) is 22.1. The number of halogens is 3. The number of alkyl halides is 3. The zero-order valence-corrected chi connectivity index (χ0v) is 13.5. The van der Waals surface area contributed by atoms with E-state index in [1.165, 1.54) is 12.3 Å². The highest BCUT2D eigenvalue weighted by Gasteiger charge is 2.34. The largest absolute Gasteiger partial charge is 0.496 e. The van der Waals surface area contributed by atoms with Crippen molar-refractivity contribution in [3.8, 4) is 5.75 Å². The van der Waals surface area contributed by atoms with Gasteiger partial charge in [0.2, 0.25) is 5.91 Å². The molecule has 1 aliphatic rings. The molecule has 1 aromatic rings. The molecule has 1 fully saturated rings. The van der Waals surface area contributed by atoms with Crippen molar-refractivity contribution in [2.45, 2.75) is 17.8 Å². The number of carboxylic acids is 1. The van der Waals surface area contributed by atoms with Crippen LogP contribution in [0.2, 0.25) is 0 Å². The first-order valence-electron chi connectivity index (χ1n) is 6.76. The number of methoxy groups -OCH3 is 1. The van der Waals surface area contributed by atoms with Crippen molar-refractivity contribution in [3.63, 3.8) is 0 Å². The number of rotatable bonds is 5. The second-order valence-electron chi connectivity index (χ2n) is 4.80. The Morgan fingerprint density at radius 2 is 2.20 bits per heavy atom. The number of thioether (sulfide) groups is 1. The topological polar surface area (TPSA) is 100 Å². The van der Waals surface area contributed by atoms with Crippen LogP contribution in [0.5, 0.6) is 5.75 Å². The summed E-state index contributed by atoms with van der Waals surface area (Å²) >= 11 is 0.917. The Balaban J connectivity index is 2.10. The van der Waals surface area contributed by atoms with E-state index >= 15 is 0 Å². The fraction of sp³-hybridized carbons (Fsp3) is 0.286. The van der Waals surface area contributed by atoms with Crippen LogP contribution >= 0.6 is 11.8 Å². The number of carbonyl (C=O) groups is 2. The number of carbonyl (C=O) groups excluding carboxylic acids is 1. The van der Waals surface area contributed by atoms with Crippen LogP contribution in [0.25, 0.3) is 0 Å². The molecule has 0 aromatic heterocycles. The predicted molar refractivity (Wildman–Crippen MR) is 84.8 cm³/mol. The standard InChI is InChI=1S/C14H12F3N3O4S/c1-24-9-4-7(2-3-8(9)14(15,16)17)6-18-20-13-19-12(23)10(25-13)5-11(21)22/h2-4,6,10H,5H2,1H3,(H,21,22)(H,19,20,23). The van der Waals surface area contributed by atoms with Gasteiger partial charge >= 0.3 is 12.1 Å². The number of hydrogen-bond donors (Lipinski definition) is 2. The molecule has 0 spiro atoms. The molecule has 0 saturated carbocycles. The zero-order valence-electron chi connectivity index (χ0n) is 12.7. The van der Waals surface area contributed by atoms with Gasteiger partial charge in [0.05, 0.1) is 25.3 Å². The van der Waals surface area contributed by atoms with Crippen molar-refractivity contribution >= 4 is 35.0 Å². The maximum Gasteiger partial charge on any atom is 0.419 e. The molecule has 1 saturated heterocycles. The Kier molecular flexibility index (Phi) is 5.67. The minimum absolute atomic E-state index is 0.117. The lowest BCUT2D eigenvalue weighted by molar-refractivity contribution is -0.139. The van der Waals surface area contributed by atoms with Gasteiger partial charge in [-0.1, -0.05) is 17.8 Å². The van der Waals surface area contributed by atoms with Gasteiger partial charge in [-0.05, 0) is 17.7 Å². The Morgan fingerprint density at radius 3 is 2.80 bits per heavy atom. The normalized spacial score (nSPS) is 19.4. The molecule has 1 aromatic carbocycles. The highest BCUT2D eigenvalue weighted by Crippen LogP contribution is 2.36. The van der Waals surface area contributed by atoms with Gasteiger partial charge in [-0.3, -0.25) is 9.59 Å². The minimum atomic E-state index is -4.54. The van der Waals surface area contributed by atoms with Gasteiger partial charge in [0, 0.05) is 0 Å². The highest BCUT2D eigenvalue weighted by atomic mass is 32.2. The molecule has 0 radical (unpaired) electrons. The van der Waals surface area contributed by atoms with E-state index in [1.807, 2.05) is 0 Å². The van der Waals surface area contributed by atoms with Crippen LogP contribution in [0, 0.1) is 0 Å². The second kappa shape index (κ2) is 7.55. The lowest BCUT2D eigenvalue weighted by atomic mass is 10.1. The number of nitrogens with zero attached hydrogens (tertiary/aromatic N) is 2. The quantitative estimate of drug-likeness (QED) is 0.606. The number of carboxylic acid groups (broad SMARTS) is 1. The molecule has 134 valence electrons. The number of benzene rings is 1. The van der Waals surface area contributed by atoms with E-state index < -0.39 is 28.9 Å². The van der Waals surface area contributed by atoms with Crippen molar-refractivity contribution in [3.05, 3.63) is 29.3 Å². The van der Waals surface area contributed by atoms with Crippen molar-refractivity contribution in [2.24, 2.45) is 10.2 Å². The third kappa shape index (κ3) is 4.95. The van der Waals surface area contributed by atoms with Crippen molar-refractivity contribution in [1.29, 1.82) is 0 Å². The molecule has 11 heteroatoms. The fourth-order valence-electron chi connectivity index (χ4n) is 1.92. The number of hydrogen-bond acceptors (Lipinski definition) is 6. The predicted octanol–water partition coefficient (Wildman–Crippen LogP) is 2.11. The van der Waals surface area contributed by atoms with E-state index in [2.05, 4.69) is 15.5 Å². The Morgan fingerprint density at radius 1 is 1.48 bits per heavy atom. The van der Waals surface area contributed by atoms with Crippen LogP contribution in [-0.2, 0) is 15.8 Å². The summed E-state index contributed by atoms with van der Waals surface area (Å²) in [5.74, 6) is -1.96. The average molecular weight is 375 g/mol. The molecular weight excluding hydrogens is 363 g/mol. The summed E-state index contributed by atoms with van der Waals surface area (Å²) in [5.41, 5.74) is -0.598. The molecule has 25 heavy (non-hydrogen) atoms. The van der Waals surface area contributed by atoms with E-state index in [0.717, 1.165) is 31.0 Å². The van der Waals surface area contributed by atoms with Gasteiger partial charge in [-0.25, -0.2) is 0 Å². The third-order valence-corrected chi connectivity index (χ3v) is 4.10. The zero-order chi connectivity index (χ0) is 18.6. The van der Waals surface area contributed by atoms with Crippen LogP contribution < -0.4 is 10.1 Å². The van der Waals surface area contributed by atoms with E-state index in [0.29, 0.717) is 5.56 Å². The van der Waals surface area contributed by atoms with Gasteiger partial charge in [0.15, 0.2) is 5.17 Å². The first-order chi connectivity index (χ1) is 11.7. The number of nitrogens with one attached hydrogen (secondary N) is 1. The van der Waals surface area contributed by atoms with E-state index in [9.17, 15) is 22.8 Å². The summed E-state index contributed by atoms with van der Waals surface area (Å²) < 4.78 is 43.0. The van der Waals surface area contributed by atoms with E-state index in [4.69, 9.17) is 9.84 Å². The molecule has 1 aliphatic heterocycles.